The van der Waals surface area contributed by atoms with E-state index in [1.807, 2.05) is 19.1 Å². The summed E-state index contributed by atoms with van der Waals surface area (Å²) in [7, 11) is 0. The highest BCUT2D eigenvalue weighted by molar-refractivity contribution is 7.12. The van der Waals surface area contributed by atoms with E-state index in [2.05, 4.69) is 0 Å². The molecule has 4 nitrogen and oxygen atoms in total. The minimum Gasteiger partial charge on any atom is -0.481 e. The highest BCUT2D eigenvalue weighted by Gasteiger charge is 2.21. The number of hydrogen-bond donors (Lipinski definition) is 1. The van der Waals surface area contributed by atoms with Gasteiger partial charge in [0.1, 0.15) is 4.88 Å². The van der Waals surface area contributed by atoms with E-state index in [4.69, 9.17) is 16.7 Å². The number of nitrogens with zero attached hydrogens (tertiary/aromatic N) is 1. The van der Waals surface area contributed by atoms with Crippen LogP contribution in [-0.2, 0) is 4.79 Å². The van der Waals surface area contributed by atoms with Crippen LogP contribution in [0.2, 0.25) is 5.02 Å². The van der Waals surface area contributed by atoms with Crippen molar-refractivity contribution in [1.29, 1.82) is 0 Å². The second-order valence-electron chi connectivity index (χ2n) is 4.53. The Morgan fingerprint density at radius 1 is 1.24 bits per heavy atom. The first-order chi connectivity index (χ1) is 9.99. The largest absolute Gasteiger partial charge is 0.481 e. The van der Waals surface area contributed by atoms with Gasteiger partial charge in [0.05, 0.1) is 11.4 Å². The number of rotatable bonds is 5. The summed E-state index contributed by atoms with van der Waals surface area (Å²) in [5.41, 5.74) is 1.73. The average molecular weight is 324 g/mol. The van der Waals surface area contributed by atoms with E-state index in [1.54, 1.807) is 23.6 Å². The molecule has 1 aromatic carbocycles. The number of halogens is 1. The first-order valence-electron chi connectivity index (χ1n) is 6.32. The van der Waals surface area contributed by atoms with E-state index in [0.717, 1.165) is 5.56 Å². The fourth-order valence-corrected chi connectivity index (χ4v) is 2.93. The van der Waals surface area contributed by atoms with Crippen LogP contribution >= 0.6 is 22.9 Å². The maximum absolute atomic E-state index is 12.6. The Balaban J connectivity index is 2.31. The van der Waals surface area contributed by atoms with E-state index >= 15 is 0 Å². The van der Waals surface area contributed by atoms with Crippen molar-refractivity contribution < 1.29 is 14.7 Å². The minimum absolute atomic E-state index is 0.103. The Labute approximate surface area is 131 Å². The lowest BCUT2D eigenvalue weighted by atomic mass is 10.2. The van der Waals surface area contributed by atoms with Gasteiger partial charge in [-0.2, -0.15) is 0 Å². The van der Waals surface area contributed by atoms with Crippen LogP contribution in [0, 0.1) is 6.92 Å². The van der Waals surface area contributed by atoms with Gasteiger partial charge >= 0.3 is 5.97 Å². The fourth-order valence-electron chi connectivity index (χ4n) is 1.85. The molecular formula is C15H14ClNO3S. The van der Waals surface area contributed by atoms with Gasteiger partial charge in [0.25, 0.3) is 5.91 Å². The third-order valence-electron chi connectivity index (χ3n) is 2.95. The van der Waals surface area contributed by atoms with Crippen LogP contribution in [0.15, 0.2) is 35.7 Å². The molecule has 0 spiro atoms. The van der Waals surface area contributed by atoms with Crippen molar-refractivity contribution in [1.82, 2.24) is 0 Å². The number of aliphatic carboxylic acids is 1. The van der Waals surface area contributed by atoms with E-state index in [9.17, 15) is 9.59 Å². The summed E-state index contributed by atoms with van der Waals surface area (Å²) in [6, 6.07) is 9.02. The molecule has 2 aromatic rings. The molecule has 0 unspecified atom stereocenters. The van der Waals surface area contributed by atoms with Gasteiger partial charge in [0.2, 0.25) is 0 Å². The number of hydrogen-bond acceptors (Lipinski definition) is 3. The molecule has 1 N–H and O–H groups in total. The molecule has 1 amide bonds. The van der Waals surface area contributed by atoms with Crippen LogP contribution in [-0.4, -0.2) is 23.5 Å². The molecule has 0 bridgehead atoms. The predicted molar refractivity (Wildman–Crippen MR) is 84.4 cm³/mol. The lowest BCUT2D eigenvalue weighted by Gasteiger charge is -2.22. The molecule has 1 heterocycles. The van der Waals surface area contributed by atoms with Gasteiger partial charge in [-0.05, 0) is 30.5 Å². The minimum atomic E-state index is -0.947. The van der Waals surface area contributed by atoms with E-state index in [1.165, 1.54) is 16.2 Å². The van der Waals surface area contributed by atoms with E-state index in [0.29, 0.717) is 15.6 Å². The maximum atomic E-state index is 12.6. The van der Waals surface area contributed by atoms with Crippen molar-refractivity contribution in [3.05, 3.63) is 51.2 Å². The number of thiophene rings is 1. The molecule has 0 atom stereocenters. The highest BCUT2D eigenvalue weighted by Crippen LogP contribution is 2.26. The first-order valence-corrected chi connectivity index (χ1v) is 7.58. The molecule has 0 saturated heterocycles. The fraction of sp³-hybridized carbons (Fsp3) is 0.200. The second kappa shape index (κ2) is 6.74. The molecule has 6 heteroatoms. The highest BCUT2D eigenvalue weighted by atomic mass is 35.5. The quantitative estimate of drug-likeness (QED) is 0.909. The Morgan fingerprint density at radius 2 is 1.90 bits per heavy atom. The monoisotopic (exact) mass is 323 g/mol. The summed E-state index contributed by atoms with van der Waals surface area (Å²) in [4.78, 5) is 25.3. The third kappa shape index (κ3) is 3.83. The first kappa shape index (κ1) is 15.5. The van der Waals surface area contributed by atoms with Crippen molar-refractivity contribution >= 4 is 40.5 Å². The molecule has 0 fully saturated rings. The van der Waals surface area contributed by atoms with Crippen molar-refractivity contribution in [3.63, 3.8) is 0 Å². The summed E-state index contributed by atoms with van der Waals surface area (Å²) in [5, 5.41) is 11.0. The van der Waals surface area contributed by atoms with Gasteiger partial charge in [0.15, 0.2) is 0 Å². The lowest BCUT2D eigenvalue weighted by Crippen LogP contribution is -2.32. The van der Waals surface area contributed by atoms with Crippen LogP contribution in [0.4, 0.5) is 5.69 Å². The Bertz CT molecular complexity index is 651. The van der Waals surface area contributed by atoms with Crippen LogP contribution in [0.3, 0.4) is 0 Å². The number of anilines is 1. The van der Waals surface area contributed by atoms with Crippen molar-refractivity contribution in [2.45, 2.75) is 13.3 Å². The maximum Gasteiger partial charge on any atom is 0.305 e. The zero-order chi connectivity index (χ0) is 15.4. The molecule has 0 aliphatic heterocycles. The number of amides is 1. The number of carboxylic acids is 1. The Hall–Kier alpha value is -1.85. The van der Waals surface area contributed by atoms with Gasteiger partial charge in [-0.1, -0.05) is 29.3 Å². The lowest BCUT2D eigenvalue weighted by molar-refractivity contribution is -0.136. The molecule has 0 saturated carbocycles. The van der Waals surface area contributed by atoms with Crippen LogP contribution < -0.4 is 4.90 Å². The Kier molecular flexibility index (Phi) is 4.98. The molecule has 1 aromatic heterocycles. The van der Waals surface area contributed by atoms with Crippen LogP contribution in [0.5, 0.6) is 0 Å². The predicted octanol–water partition coefficient (Wildman–Crippen LogP) is 3.83. The topological polar surface area (TPSA) is 57.6 Å². The summed E-state index contributed by atoms with van der Waals surface area (Å²) >= 11 is 7.25. The van der Waals surface area contributed by atoms with E-state index in [-0.39, 0.29) is 18.9 Å². The van der Waals surface area contributed by atoms with Gasteiger partial charge in [-0.15, -0.1) is 11.3 Å². The zero-order valence-electron chi connectivity index (χ0n) is 11.4. The molecule has 2 rings (SSSR count). The molecule has 0 aliphatic rings. The molecule has 110 valence electrons. The van der Waals surface area contributed by atoms with Gasteiger partial charge < -0.3 is 10.0 Å². The van der Waals surface area contributed by atoms with Crippen molar-refractivity contribution in [3.8, 4) is 0 Å². The van der Waals surface area contributed by atoms with Crippen molar-refractivity contribution in [2.24, 2.45) is 0 Å². The summed E-state index contributed by atoms with van der Waals surface area (Å²) in [5.74, 6) is -1.22. The molecule has 0 aliphatic carbocycles. The third-order valence-corrected chi connectivity index (χ3v) is 4.28. The van der Waals surface area contributed by atoms with Crippen molar-refractivity contribution in [2.75, 3.05) is 11.4 Å². The molecule has 0 radical (unpaired) electrons. The number of carboxylic acid groups (broad SMARTS) is 1. The van der Waals surface area contributed by atoms with Crippen LogP contribution in [0.25, 0.3) is 0 Å². The summed E-state index contributed by atoms with van der Waals surface area (Å²) < 4.78 is 0. The van der Waals surface area contributed by atoms with Gasteiger partial charge in [-0.25, -0.2) is 0 Å². The average Bonchev–Trinajstić information content (AvgIpc) is 2.86. The summed E-state index contributed by atoms with van der Waals surface area (Å²) in [6.45, 7) is 2.05. The number of carbonyl (C=O) groups is 2. The van der Waals surface area contributed by atoms with Crippen LogP contribution in [0.1, 0.15) is 21.7 Å². The number of aryl methyl sites for hydroxylation is 1. The zero-order valence-corrected chi connectivity index (χ0v) is 12.9. The normalized spacial score (nSPS) is 10.4. The summed E-state index contributed by atoms with van der Waals surface area (Å²) in [6.07, 6.45) is -0.122. The molecular weight excluding hydrogens is 310 g/mol. The second-order valence-corrected chi connectivity index (χ2v) is 5.86. The molecule has 21 heavy (non-hydrogen) atoms. The standard InChI is InChI=1S/C15H14ClNO3S/c1-10-2-4-11(5-3-10)17(8-6-13(18)19)15(20)14-12(16)7-9-21-14/h2-5,7,9H,6,8H2,1H3,(H,18,19). The Morgan fingerprint density at radius 3 is 2.43 bits per heavy atom. The SMILES string of the molecule is Cc1ccc(N(CCC(=O)O)C(=O)c2sccc2Cl)cc1. The van der Waals surface area contributed by atoms with E-state index < -0.39 is 5.97 Å². The smallest absolute Gasteiger partial charge is 0.305 e. The number of carbonyl (C=O) groups excluding carboxylic acids is 1. The number of benzene rings is 1. The van der Waals surface area contributed by atoms with Gasteiger partial charge in [0, 0.05) is 12.2 Å². The van der Waals surface area contributed by atoms with Gasteiger partial charge in [-0.3, -0.25) is 9.59 Å².